The van der Waals surface area contributed by atoms with Crippen LogP contribution in [0.3, 0.4) is 0 Å². The fourth-order valence-electron chi connectivity index (χ4n) is 1.68. The maximum Gasteiger partial charge on any atom is 0.123 e. The molecule has 60 valence electrons. The Balaban J connectivity index is 2.11. The first-order valence-corrected chi connectivity index (χ1v) is 4.08. The van der Waals surface area contributed by atoms with E-state index in [2.05, 4.69) is 0 Å². The number of aliphatic hydroxyl groups is 1. The third kappa shape index (κ3) is 2.25. The molecule has 0 aromatic heterocycles. The summed E-state index contributed by atoms with van der Waals surface area (Å²) in [5, 5.41) is 8.42. The van der Waals surface area contributed by atoms with Crippen molar-refractivity contribution in [2.45, 2.75) is 38.3 Å². The van der Waals surface area contributed by atoms with E-state index in [0.29, 0.717) is 12.3 Å². The Morgan fingerprint density at radius 3 is 2.50 bits per heavy atom. The van der Waals surface area contributed by atoms with Crippen LogP contribution in [-0.2, 0) is 0 Å². The summed E-state index contributed by atoms with van der Waals surface area (Å²) in [5.41, 5.74) is 0. The first kappa shape index (κ1) is 7.99. The normalized spacial score (nSPS) is 23.4. The van der Waals surface area contributed by atoms with E-state index in [1.54, 1.807) is 0 Å². The predicted molar refractivity (Wildman–Crippen MR) is 38.6 cm³/mol. The fraction of sp³-hybridized carbons (Fsp3) is 1.00. The Bertz CT molecular complexity index is 89.3. The standard InChI is InChI=1S/C8H15FO/c9-8(6-10)5-7-3-1-2-4-7/h7-8,10H,1-6H2/t8-/m1/s1. The molecule has 1 nitrogen and oxygen atoms in total. The Morgan fingerprint density at radius 1 is 1.40 bits per heavy atom. The van der Waals surface area contributed by atoms with Gasteiger partial charge in [0.1, 0.15) is 6.17 Å². The first-order chi connectivity index (χ1) is 4.83. The molecule has 0 unspecified atom stereocenters. The van der Waals surface area contributed by atoms with Crippen molar-refractivity contribution in [1.82, 2.24) is 0 Å². The van der Waals surface area contributed by atoms with Gasteiger partial charge in [-0.2, -0.15) is 0 Å². The van der Waals surface area contributed by atoms with Crippen LogP contribution in [0.15, 0.2) is 0 Å². The second-order valence-corrected chi connectivity index (χ2v) is 3.17. The SMILES string of the molecule is OC[C@H](F)CC1CCCC1. The van der Waals surface area contributed by atoms with Crippen molar-refractivity contribution in [3.8, 4) is 0 Å². The number of alkyl halides is 1. The molecular weight excluding hydrogens is 131 g/mol. The minimum absolute atomic E-state index is 0.295. The lowest BCUT2D eigenvalue weighted by atomic mass is 10.0. The molecule has 0 aliphatic heterocycles. The van der Waals surface area contributed by atoms with Crippen LogP contribution in [-0.4, -0.2) is 17.9 Å². The third-order valence-electron chi connectivity index (χ3n) is 2.26. The molecule has 1 aliphatic carbocycles. The largest absolute Gasteiger partial charge is 0.393 e. The van der Waals surface area contributed by atoms with Crippen LogP contribution < -0.4 is 0 Å². The van der Waals surface area contributed by atoms with Gasteiger partial charge in [0.15, 0.2) is 0 Å². The topological polar surface area (TPSA) is 20.2 Å². The highest BCUT2D eigenvalue weighted by atomic mass is 19.1. The van der Waals surface area contributed by atoms with Crippen LogP contribution >= 0.6 is 0 Å². The summed E-state index contributed by atoms with van der Waals surface area (Å²) in [6.45, 7) is -0.295. The Kier molecular flexibility index (Phi) is 3.13. The van der Waals surface area contributed by atoms with E-state index in [1.165, 1.54) is 25.7 Å². The van der Waals surface area contributed by atoms with Gasteiger partial charge in [-0.25, -0.2) is 4.39 Å². The lowest BCUT2D eigenvalue weighted by molar-refractivity contribution is 0.153. The number of rotatable bonds is 3. The van der Waals surface area contributed by atoms with Crippen LogP contribution in [0, 0.1) is 5.92 Å². The van der Waals surface area contributed by atoms with Crippen molar-refractivity contribution in [2.75, 3.05) is 6.61 Å². The number of hydrogen-bond donors (Lipinski definition) is 1. The molecule has 0 spiro atoms. The van der Waals surface area contributed by atoms with E-state index in [9.17, 15) is 4.39 Å². The molecule has 1 atom stereocenters. The average Bonchev–Trinajstić information content (AvgIpc) is 2.40. The van der Waals surface area contributed by atoms with Gasteiger partial charge in [0.25, 0.3) is 0 Å². The van der Waals surface area contributed by atoms with Crippen molar-refractivity contribution in [3.05, 3.63) is 0 Å². The van der Waals surface area contributed by atoms with Crippen molar-refractivity contribution < 1.29 is 9.50 Å². The minimum atomic E-state index is -0.969. The molecule has 1 N–H and O–H groups in total. The monoisotopic (exact) mass is 146 g/mol. The molecule has 1 fully saturated rings. The van der Waals surface area contributed by atoms with Crippen LogP contribution in [0.1, 0.15) is 32.1 Å². The van der Waals surface area contributed by atoms with Crippen molar-refractivity contribution in [3.63, 3.8) is 0 Å². The summed E-state index contributed by atoms with van der Waals surface area (Å²) in [6, 6.07) is 0. The fourth-order valence-corrected chi connectivity index (χ4v) is 1.68. The highest BCUT2D eigenvalue weighted by Gasteiger charge is 2.18. The van der Waals surface area contributed by atoms with E-state index >= 15 is 0 Å². The molecule has 0 amide bonds. The molecule has 2 heteroatoms. The van der Waals surface area contributed by atoms with Crippen LogP contribution in [0.2, 0.25) is 0 Å². The van der Waals surface area contributed by atoms with Gasteiger partial charge in [0.05, 0.1) is 6.61 Å². The minimum Gasteiger partial charge on any atom is -0.393 e. The van der Waals surface area contributed by atoms with Crippen LogP contribution in [0.4, 0.5) is 4.39 Å². The molecule has 0 bridgehead atoms. The molecule has 0 saturated heterocycles. The summed E-state index contributed by atoms with van der Waals surface area (Å²) < 4.78 is 12.5. The zero-order valence-electron chi connectivity index (χ0n) is 6.22. The Morgan fingerprint density at radius 2 is 2.00 bits per heavy atom. The number of halogens is 1. The molecule has 1 saturated carbocycles. The maximum absolute atomic E-state index is 12.5. The number of aliphatic hydroxyl groups excluding tert-OH is 1. The molecule has 1 aliphatic rings. The van der Waals surface area contributed by atoms with E-state index in [0.717, 1.165) is 0 Å². The van der Waals surface area contributed by atoms with E-state index in [-0.39, 0.29) is 6.61 Å². The van der Waals surface area contributed by atoms with Gasteiger partial charge in [-0.05, 0) is 12.3 Å². The molecule has 10 heavy (non-hydrogen) atoms. The second kappa shape index (κ2) is 3.91. The second-order valence-electron chi connectivity index (χ2n) is 3.17. The summed E-state index contributed by atoms with van der Waals surface area (Å²) >= 11 is 0. The zero-order chi connectivity index (χ0) is 7.40. The quantitative estimate of drug-likeness (QED) is 0.644. The first-order valence-electron chi connectivity index (χ1n) is 4.08. The van der Waals surface area contributed by atoms with Gasteiger partial charge in [-0.15, -0.1) is 0 Å². The van der Waals surface area contributed by atoms with Crippen LogP contribution in [0.5, 0.6) is 0 Å². The molecular formula is C8H15FO. The van der Waals surface area contributed by atoms with Gasteiger partial charge in [-0.3, -0.25) is 0 Å². The van der Waals surface area contributed by atoms with Gasteiger partial charge >= 0.3 is 0 Å². The van der Waals surface area contributed by atoms with E-state index < -0.39 is 6.17 Å². The molecule has 0 aromatic carbocycles. The van der Waals surface area contributed by atoms with Gasteiger partial charge < -0.3 is 5.11 Å². The lowest BCUT2D eigenvalue weighted by Crippen LogP contribution is -2.10. The van der Waals surface area contributed by atoms with Gasteiger partial charge in [0.2, 0.25) is 0 Å². The molecule has 1 rings (SSSR count). The Hall–Kier alpha value is -0.110. The van der Waals surface area contributed by atoms with Gasteiger partial charge in [-0.1, -0.05) is 25.7 Å². The van der Waals surface area contributed by atoms with E-state index in [1.807, 2.05) is 0 Å². The smallest absolute Gasteiger partial charge is 0.123 e. The average molecular weight is 146 g/mol. The lowest BCUT2D eigenvalue weighted by Gasteiger charge is -2.09. The summed E-state index contributed by atoms with van der Waals surface area (Å²) in [6.07, 6.45) is 4.45. The third-order valence-corrected chi connectivity index (χ3v) is 2.26. The summed E-state index contributed by atoms with van der Waals surface area (Å²) in [5.74, 6) is 0.558. The van der Waals surface area contributed by atoms with E-state index in [4.69, 9.17) is 5.11 Å². The zero-order valence-corrected chi connectivity index (χ0v) is 6.22. The van der Waals surface area contributed by atoms with Gasteiger partial charge in [0, 0.05) is 0 Å². The Labute approximate surface area is 61.2 Å². The predicted octanol–water partition coefficient (Wildman–Crippen LogP) is 1.90. The number of hydrogen-bond acceptors (Lipinski definition) is 1. The highest BCUT2D eigenvalue weighted by Crippen LogP contribution is 2.28. The van der Waals surface area contributed by atoms with Crippen molar-refractivity contribution in [1.29, 1.82) is 0 Å². The molecule has 0 radical (unpaired) electrons. The summed E-state index contributed by atoms with van der Waals surface area (Å²) in [7, 11) is 0. The maximum atomic E-state index is 12.5. The van der Waals surface area contributed by atoms with Crippen molar-refractivity contribution in [2.24, 2.45) is 5.92 Å². The molecule has 0 heterocycles. The highest BCUT2D eigenvalue weighted by molar-refractivity contribution is 4.70. The van der Waals surface area contributed by atoms with Crippen LogP contribution in [0.25, 0.3) is 0 Å². The summed E-state index contributed by atoms with van der Waals surface area (Å²) in [4.78, 5) is 0. The molecule has 0 aromatic rings. The van der Waals surface area contributed by atoms with Crippen molar-refractivity contribution >= 4 is 0 Å².